The van der Waals surface area contributed by atoms with Crippen molar-refractivity contribution < 1.29 is 15.0 Å². The Hall–Kier alpha value is -1.75. The van der Waals surface area contributed by atoms with Crippen LogP contribution in [0.3, 0.4) is 0 Å². The Morgan fingerprint density at radius 1 is 1.47 bits per heavy atom. The molecule has 0 spiro atoms. The highest BCUT2D eigenvalue weighted by Gasteiger charge is 2.13. The summed E-state index contributed by atoms with van der Waals surface area (Å²) in [5, 5.41) is 21.1. The average molecular weight is 210 g/mol. The number of hydrogen-bond acceptors (Lipinski definition) is 4. The zero-order valence-electron chi connectivity index (χ0n) is 8.40. The molecule has 0 aromatic heterocycles. The van der Waals surface area contributed by atoms with Crippen LogP contribution in [0.25, 0.3) is 0 Å². The smallest absolute Gasteiger partial charge is 0.234 e. The lowest BCUT2D eigenvalue weighted by Gasteiger charge is -2.12. The van der Waals surface area contributed by atoms with E-state index in [0.717, 1.165) is 5.56 Å². The van der Waals surface area contributed by atoms with Gasteiger partial charge in [-0.3, -0.25) is 4.79 Å². The number of nitrogens with one attached hydrogen (secondary N) is 1. The van der Waals surface area contributed by atoms with Crippen molar-refractivity contribution in [3.05, 3.63) is 23.8 Å². The highest BCUT2D eigenvalue weighted by Crippen LogP contribution is 2.25. The molecule has 1 unspecified atom stereocenters. The fourth-order valence-corrected chi connectivity index (χ4v) is 1.28. The molecule has 5 N–H and O–H groups in total. The van der Waals surface area contributed by atoms with E-state index in [-0.39, 0.29) is 11.5 Å². The fraction of sp³-hybridized carbons (Fsp3) is 0.300. The Labute approximate surface area is 87.5 Å². The Morgan fingerprint density at radius 3 is 2.60 bits per heavy atom. The molecule has 5 nitrogen and oxygen atoms in total. The first-order valence-corrected chi connectivity index (χ1v) is 4.52. The fourth-order valence-electron chi connectivity index (χ4n) is 1.28. The highest BCUT2D eigenvalue weighted by molar-refractivity contribution is 5.80. The molecule has 1 rings (SSSR count). The lowest BCUT2D eigenvalue weighted by molar-refractivity contribution is -0.119. The van der Waals surface area contributed by atoms with E-state index in [1.54, 1.807) is 13.1 Å². The minimum Gasteiger partial charge on any atom is -0.504 e. The topological polar surface area (TPSA) is 95.6 Å². The molecule has 0 heterocycles. The van der Waals surface area contributed by atoms with E-state index in [4.69, 9.17) is 10.8 Å². The van der Waals surface area contributed by atoms with Gasteiger partial charge in [0, 0.05) is 0 Å². The first-order chi connectivity index (χ1) is 7.04. The molecule has 0 bridgehead atoms. The number of hydrogen-bond donors (Lipinski definition) is 4. The summed E-state index contributed by atoms with van der Waals surface area (Å²) < 4.78 is 0. The van der Waals surface area contributed by atoms with Crippen molar-refractivity contribution in [1.82, 2.24) is 5.32 Å². The van der Waals surface area contributed by atoms with Gasteiger partial charge in [-0.2, -0.15) is 0 Å². The molecule has 0 fully saturated rings. The molecule has 82 valence electrons. The normalized spacial score (nSPS) is 12.3. The molecule has 1 aromatic rings. The largest absolute Gasteiger partial charge is 0.504 e. The van der Waals surface area contributed by atoms with E-state index in [2.05, 4.69) is 5.32 Å². The van der Waals surface area contributed by atoms with Crippen molar-refractivity contribution in [2.45, 2.75) is 12.5 Å². The summed E-state index contributed by atoms with van der Waals surface area (Å²) >= 11 is 0. The van der Waals surface area contributed by atoms with Crippen molar-refractivity contribution in [2.24, 2.45) is 5.73 Å². The predicted octanol–water partition coefficient (Wildman–Crippen LogP) is -0.286. The number of phenolic OH excluding ortho intramolecular Hbond substituents is 2. The minimum atomic E-state index is -0.478. The standard InChI is InChI=1S/C10H14N2O3/c1-12-7(10(11)15)4-6-2-3-8(13)9(14)5-6/h2-3,5,7,12-14H,4H2,1H3,(H2,11,15). The zero-order chi connectivity index (χ0) is 11.4. The lowest BCUT2D eigenvalue weighted by atomic mass is 10.1. The molecule has 0 saturated heterocycles. The van der Waals surface area contributed by atoms with E-state index in [1.807, 2.05) is 0 Å². The number of primary amides is 1. The van der Waals surface area contributed by atoms with E-state index in [0.29, 0.717) is 6.42 Å². The van der Waals surface area contributed by atoms with Gasteiger partial charge in [-0.15, -0.1) is 0 Å². The Morgan fingerprint density at radius 2 is 2.13 bits per heavy atom. The van der Waals surface area contributed by atoms with Gasteiger partial charge in [-0.1, -0.05) is 6.07 Å². The molecule has 1 amide bonds. The van der Waals surface area contributed by atoms with Gasteiger partial charge in [0.15, 0.2) is 11.5 Å². The van der Waals surface area contributed by atoms with E-state index >= 15 is 0 Å². The van der Waals surface area contributed by atoms with Gasteiger partial charge < -0.3 is 21.3 Å². The summed E-state index contributed by atoms with van der Waals surface area (Å²) in [6.45, 7) is 0. The molecule has 0 saturated carbocycles. The minimum absolute atomic E-state index is 0.182. The first-order valence-electron chi connectivity index (χ1n) is 4.52. The van der Waals surface area contributed by atoms with E-state index in [1.165, 1.54) is 12.1 Å². The van der Waals surface area contributed by atoms with Crippen LogP contribution in [0.15, 0.2) is 18.2 Å². The second kappa shape index (κ2) is 4.65. The molecule has 15 heavy (non-hydrogen) atoms. The van der Waals surface area contributed by atoms with Crippen molar-refractivity contribution in [3.63, 3.8) is 0 Å². The van der Waals surface area contributed by atoms with Gasteiger partial charge in [0.25, 0.3) is 0 Å². The molecular weight excluding hydrogens is 196 g/mol. The van der Waals surface area contributed by atoms with E-state index in [9.17, 15) is 9.90 Å². The number of amides is 1. The lowest BCUT2D eigenvalue weighted by Crippen LogP contribution is -2.40. The molecule has 5 heteroatoms. The van der Waals surface area contributed by atoms with Gasteiger partial charge in [0.2, 0.25) is 5.91 Å². The van der Waals surface area contributed by atoms with Crippen molar-refractivity contribution in [1.29, 1.82) is 0 Å². The maximum absolute atomic E-state index is 10.9. The third-order valence-corrected chi connectivity index (χ3v) is 2.17. The Bertz CT molecular complexity index is 366. The maximum atomic E-state index is 10.9. The van der Waals surface area contributed by atoms with Crippen LogP contribution in [0.5, 0.6) is 11.5 Å². The van der Waals surface area contributed by atoms with Crippen LogP contribution >= 0.6 is 0 Å². The highest BCUT2D eigenvalue weighted by atomic mass is 16.3. The third kappa shape index (κ3) is 2.85. The van der Waals surface area contributed by atoms with Crippen molar-refractivity contribution in [2.75, 3.05) is 7.05 Å². The first kappa shape index (κ1) is 11.3. The number of rotatable bonds is 4. The summed E-state index contributed by atoms with van der Waals surface area (Å²) in [6.07, 6.45) is 0.375. The second-order valence-corrected chi connectivity index (χ2v) is 3.27. The number of benzene rings is 1. The summed E-state index contributed by atoms with van der Waals surface area (Å²) in [5.74, 6) is -0.837. The van der Waals surface area contributed by atoms with Crippen LogP contribution in [-0.4, -0.2) is 29.2 Å². The summed E-state index contributed by atoms with van der Waals surface area (Å²) in [5.41, 5.74) is 5.88. The Balaban J connectivity index is 2.80. The summed E-state index contributed by atoms with van der Waals surface area (Å²) in [6, 6.07) is 3.93. The molecular formula is C10H14N2O3. The monoisotopic (exact) mass is 210 g/mol. The average Bonchev–Trinajstić information content (AvgIpc) is 2.19. The number of carbonyl (C=O) groups is 1. The van der Waals surface area contributed by atoms with Crippen LogP contribution in [0.2, 0.25) is 0 Å². The van der Waals surface area contributed by atoms with Crippen LogP contribution in [0.1, 0.15) is 5.56 Å². The van der Waals surface area contributed by atoms with E-state index < -0.39 is 11.9 Å². The molecule has 1 aromatic carbocycles. The summed E-state index contributed by atoms with van der Waals surface area (Å²) in [7, 11) is 1.63. The van der Waals surface area contributed by atoms with Crippen molar-refractivity contribution in [3.8, 4) is 11.5 Å². The number of aromatic hydroxyl groups is 2. The molecule has 0 radical (unpaired) electrons. The van der Waals surface area contributed by atoms with Gasteiger partial charge in [0.05, 0.1) is 6.04 Å². The third-order valence-electron chi connectivity index (χ3n) is 2.17. The molecule has 0 aliphatic heterocycles. The molecule has 0 aliphatic carbocycles. The van der Waals surface area contributed by atoms with Crippen LogP contribution in [0, 0.1) is 0 Å². The summed E-state index contributed by atoms with van der Waals surface area (Å²) in [4.78, 5) is 10.9. The number of carbonyl (C=O) groups excluding carboxylic acids is 1. The number of likely N-dealkylation sites (N-methyl/N-ethyl adjacent to an activating group) is 1. The quantitative estimate of drug-likeness (QED) is 0.514. The number of nitrogens with two attached hydrogens (primary N) is 1. The number of phenols is 2. The Kier molecular flexibility index (Phi) is 3.51. The van der Waals surface area contributed by atoms with Gasteiger partial charge in [0.1, 0.15) is 0 Å². The van der Waals surface area contributed by atoms with Gasteiger partial charge in [-0.05, 0) is 31.2 Å². The van der Waals surface area contributed by atoms with Crippen LogP contribution < -0.4 is 11.1 Å². The molecule has 0 aliphatic rings. The zero-order valence-corrected chi connectivity index (χ0v) is 8.40. The maximum Gasteiger partial charge on any atom is 0.234 e. The SMILES string of the molecule is CNC(Cc1ccc(O)c(O)c1)C(N)=O. The van der Waals surface area contributed by atoms with Gasteiger partial charge in [-0.25, -0.2) is 0 Å². The second-order valence-electron chi connectivity index (χ2n) is 3.27. The van der Waals surface area contributed by atoms with Crippen molar-refractivity contribution >= 4 is 5.91 Å². The van der Waals surface area contributed by atoms with Crippen LogP contribution in [0.4, 0.5) is 0 Å². The predicted molar refractivity (Wildman–Crippen MR) is 55.5 cm³/mol. The van der Waals surface area contributed by atoms with Gasteiger partial charge >= 0.3 is 0 Å². The molecule has 1 atom stereocenters. The van der Waals surface area contributed by atoms with Crippen LogP contribution in [-0.2, 0) is 11.2 Å².